The topological polar surface area (TPSA) is 69.2 Å². The fourth-order valence-electron chi connectivity index (χ4n) is 1.16. The molecule has 0 spiro atoms. The number of rotatable bonds is 2. The first-order valence-corrected chi connectivity index (χ1v) is 4.85. The molecule has 2 aromatic heterocycles. The van der Waals surface area contributed by atoms with E-state index >= 15 is 0 Å². The third-order valence-corrected chi connectivity index (χ3v) is 1.96. The number of carbonyl (C=O) groups excluding carboxylic acids is 2. The molecule has 0 aromatic carbocycles. The summed E-state index contributed by atoms with van der Waals surface area (Å²) in [5.41, 5.74) is 0.307. The molecule has 2 rings (SSSR count). The van der Waals surface area contributed by atoms with Crippen LogP contribution >= 0.6 is 0 Å². The summed E-state index contributed by atoms with van der Waals surface area (Å²) in [5, 5.41) is 0. The predicted octanol–water partition coefficient (Wildman–Crippen LogP) is 1.09. The van der Waals surface area contributed by atoms with Crippen LogP contribution in [0.15, 0.2) is 48.9 Å². The van der Waals surface area contributed by atoms with Gasteiger partial charge in [-0.25, -0.2) is 14.6 Å². The van der Waals surface area contributed by atoms with Crippen LogP contribution in [0.5, 0.6) is 0 Å². The molecular weight excluding hydrogens is 227 g/mol. The second-order valence-electron chi connectivity index (χ2n) is 3.13. The van der Waals surface area contributed by atoms with E-state index in [0.29, 0.717) is 0 Å². The number of esters is 2. The molecule has 2 aromatic rings. The number of carbonyl (C=O) groups is 2. The number of hydrogen-bond acceptors (Lipinski definition) is 5. The van der Waals surface area contributed by atoms with Crippen molar-refractivity contribution < 1.29 is 14.3 Å². The van der Waals surface area contributed by atoms with Crippen LogP contribution in [0.3, 0.4) is 0 Å². The molecule has 0 aliphatic rings. The Bertz CT molecular complexity index is 482. The fourth-order valence-corrected chi connectivity index (χ4v) is 1.16. The Labute approximate surface area is 115 Å². The van der Waals surface area contributed by atoms with E-state index in [-0.39, 0.29) is 30.1 Å². The Morgan fingerprint density at radius 1 is 1.00 bits per heavy atom. The fraction of sp³-hybridized carbons (Fsp3) is 0. The zero-order chi connectivity index (χ0) is 12.1. The van der Waals surface area contributed by atoms with Crippen molar-refractivity contribution in [3.63, 3.8) is 0 Å². The average molecular weight is 235 g/mol. The summed E-state index contributed by atoms with van der Waals surface area (Å²) in [6, 6.07) is 7.87. The van der Waals surface area contributed by atoms with Crippen molar-refractivity contribution in [1.29, 1.82) is 0 Å². The zero-order valence-corrected chi connectivity index (χ0v) is 9.74. The summed E-state index contributed by atoms with van der Waals surface area (Å²) in [7, 11) is 0. The Morgan fingerprint density at radius 3 is 2.44 bits per heavy atom. The first kappa shape index (κ1) is 14.1. The minimum absolute atomic E-state index is 0. The van der Waals surface area contributed by atoms with Crippen molar-refractivity contribution in [2.24, 2.45) is 0 Å². The van der Waals surface area contributed by atoms with Crippen LogP contribution in [0, 0.1) is 0 Å². The molecule has 0 amide bonds. The quantitative estimate of drug-likeness (QED) is 0.442. The average Bonchev–Trinajstić information content (AvgIpc) is 2.40. The smallest absolute Gasteiger partial charge is 0.364 e. The molecule has 0 N–H and O–H groups in total. The molecule has 0 aliphatic carbocycles. The van der Waals surface area contributed by atoms with Crippen LogP contribution in [0.4, 0.5) is 0 Å². The Balaban J connectivity index is 0.00000162. The van der Waals surface area contributed by atoms with Crippen LogP contribution in [0.2, 0.25) is 0 Å². The number of pyridine rings is 2. The molecule has 0 bridgehead atoms. The summed E-state index contributed by atoms with van der Waals surface area (Å²) in [4.78, 5) is 30.6. The summed E-state index contributed by atoms with van der Waals surface area (Å²) >= 11 is 0. The zero-order valence-electron chi connectivity index (χ0n) is 9.74. The van der Waals surface area contributed by atoms with Crippen LogP contribution in [-0.2, 0) is 4.74 Å². The van der Waals surface area contributed by atoms with Crippen molar-refractivity contribution >= 4 is 30.8 Å². The van der Waals surface area contributed by atoms with Gasteiger partial charge in [-0.2, -0.15) is 0 Å². The summed E-state index contributed by atoms with van der Waals surface area (Å²) in [6.45, 7) is 0. The number of nitrogens with zero attached hydrogens (tertiary/aromatic N) is 2. The predicted molar refractivity (Wildman–Crippen MR) is 64.0 cm³/mol. The van der Waals surface area contributed by atoms with E-state index in [1.165, 1.54) is 30.7 Å². The molecule has 6 heteroatoms. The normalized spacial score (nSPS) is 9.11. The molecule has 85 valence electrons. The van der Waals surface area contributed by atoms with Crippen molar-refractivity contribution in [1.82, 2.24) is 9.97 Å². The van der Waals surface area contributed by atoms with Gasteiger partial charge >= 0.3 is 11.9 Å². The molecule has 18 heavy (non-hydrogen) atoms. The van der Waals surface area contributed by atoms with Crippen molar-refractivity contribution in [2.75, 3.05) is 0 Å². The summed E-state index contributed by atoms with van der Waals surface area (Å²) < 4.78 is 4.64. The minimum Gasteiger partial charge on any atom is -0.385 e. The van der Waals surface area contributed by atoms with Gasteiger partial charge in [0.25, 0.3) is 0 Å². The molecule has 0 saturated carbocycles. The molecule has 5 nitrogen and oxygen atoms in total. The van der Waals surface area contributed by atoms with Gasteiger partial charge in [0.15, 0.2) is 0 Å². The Hall–Kier alpha value is -1.96. The Morgan fingerprint density at radius 2 is 1.83 bits per heavy atom. The van der Waals surface area contributed by atoms with E-state index in [9.17, 15) is 9.59 Å². The van der Waals surface area contributed by atoms with Gasteiger partial charge in [0, 0.05) is 37.5 Å². The standard InChI is InChI=1S/C12H8N2O3.Li/c15-11(9-4-3-6-13-8-9)17-12(16)10-5-1-2-7-14-10;/h1-8H;. The largest absolute Gasteiger partial charge is 0.385 e. The van der Waals surface area contributed by atoms with E-state index in [2.05, 4.69) is 14.7 Å². The first-order chi connectivity index (χ1) is 8.27. The third-order valence-electron chi connectivity index (χ3n) is 1.96. The maximum Gasteiger partial charge on any atom is 0.364 e. The van der Waals surface area contributed by atoms with Crippen molar-refractivity contribution in [3.8, 4) is 0 Å². The van der Waals surface area contributed by atoms with Crippen LogP contribution < -0.4 is 0 Å². The molecule has 0 fully saturated rings. The maximum absolute atomic E-state index is 11.5. The van der Waals surface area contributed by atoms with E-state index < -0.39 is 11.9 Å². The van der Waals surface area contributed by atoms with Crippen LogP contribution in [0.25, 0.3) is 0 Å². The number of ether oxygens (including phenoxy) is 1. The molecule has 0 atom stereocenters. The maximum atomic E-state index is 11.5. The SMILES string of the molecule is O=C(OC(=O)c1ccccn1)c1cccnc1.[Li]. The van der Waals surface area contributed by atoms with Gasteiger partial charge in [-0.1, -0.05) is 6.07 Å². The third kappa shape index (κ3) is 3.52. The Kier molecular flexibility index (Phi) is 5.24. The molecule has 2 heterocycles. The van der Waals surface area contributed by atoms with Gasteiger partial charge in [-0.15, -0.1) is 0 Å². The van der Waals surface area contributed by atoms with Gasteiger partial charge in [0.1, 0.15) is 5.69 Å². The van der Waals surface area contributed by atoms with Crippen LogP contribution in [-0.4, -0.2) is 40.8 Å². The van der Waals surface area contributed by atoms with Crippen molar-refractivity contribution in [3.05, 3.63) is 60.2 Å². The summed E-state index contributed by atoms with van der Waals surface area (Å²) in [5.74, 6) is -1.52. The number of hydrogen-bond donors (Lipinski definition) is 0. The molecule has 1 radical (unpaired) electrons. The first-order valence-electron chi connectivity index (χ1n) is 4.85. The minimum atomic E-state index is -0.778. The monoisotopic (exact) mass is 235 g/mol. The van der Waals surface area contributed by atoms with Crippen molar-refractivity contribution in [2.45, 2.75) is 0 Å². The van der Waals surface area contributed by atoms with E-state index in [1.54, 1.807) is 18.2 Å². The summed E-state index contributed by atoms with van der Waals surface area (Å²) in [6.07, 6.45) is 4.30. The molecular formula is C12H8LiN2O3. The van der Waals surface area contributed by atoms with E-state index in [4.69, 9.17) is 0 Å². The van der Waals surface area contributed by atoms with Gasteiger partial charge < -0.3 is 4.74 Å². The van der Waals surface area contributed by atoms with E-state index in [0.717, 1.165) is 0 Å². The van der Waals surface area contributed by atoms with Gasteiger partial charge in [-0.05, 0) is 24.3 Å². The van der Waals surface area contributed by atoms with Gasteiger partial charge in [0.2, 0.25) is 0 Å². The van der Waals surface area contributed by atoms with Gasteiger partial charge in [0.05, 0.1) is 5.56 Å². The van der Waals surface area contributed by atoms with E-state index in [1.807, 2.05) is 0 Å². The van der Waals surface area contributed by atoms with Crippen LogP contribution in [0.1, 0.15) is 20.8 Å². The molecule has 0 aliphatic heterocycles. The molecule has 0 unspecified atom stereocenters. The number of aromatic nitrogens is 2. The second-order valence-corrected chi connectivity index (χ2v) is 3.13. The second kappa shape index (κ2) is 6.70. The molecule has 0 saturated heterocycles. The van der Waals surface area contributed by atoms with Gasteiger partial charge in [-0.3, -0.25) is 4.98 Å².